The first-order valence-corrected chi connectivity index (χ1v) is 10.3. The number of hydrogen-bond acceptors (Lipinski definition) is 4. The van der Waals surface area contributed by atoms with Gasteiger partial charge in [-0.05, 0) is 38.0 Å². The van der Waals surface area contributed by atoms with Crippen LogP contribution in [0.3, 0.4) is 0 Å². The fourth-order valence-corrected chi connectivity index (χ4v) is 3.06. The summed E-state index contributed by atoms with van der Waals surface area (Å²) in [7, 11) is 0. The summed E-state index contributed by atoms with van der Waals surface area (Å²) in [5.41, 5.74) is 1.70. The lowest BCUT2D eigenvalue weighted by molar-refractivity contribution is 0.0211. The summed E-state index contributed by atoms with van der Waals surface area (Å²) >= 11 is 0. The standard InChI is InChI=1S/C21H35N5O2.HI/c1-4-9-23-20(27)19-8-6-7-18(14-19)16-25-21(22-5-2)24-15-17(3)26-10-12-28-13-11-26;/h6-8,14,17H,4-5,9-13,15-16H2,1-3H3,(H,23,27)(H2,22,24,25);1H. The largest absolute Gasteiger partial charge is 0.379 e. The summed E-state index contributed by atoms with van der Waals surface area (Å²) in [6, 6.07) is 8.07. The lowest BCUT2D eigenvalue weighted by Gasteiger charge is -2.32. The molecule has 0 saturated carbocycles. The molecular formula is C21H36IN5O2. The molecule has 1 aromatic carbocycles. The normalized spacial score (nSPS) is 15.9. The number of hydrogen-bond donors (Lipinski definition) is 3. The van der Waals surface area contributed by atoms with E-state index in [0.29, 0.717) is 24.7 Å². The van der Waals surface area contributed by atoms with Crippen molar-refractivity contribution >= 4 is 35.8 Å². The van der Waals surface area contributed by atoms with Gasteiger partial charge < -0.3 is 20.7 Å². The zero-order valence-corrected chi connectivity index (χ0v) is 20.2. The van der Waals surface area contributed by atoms with Crippen LogP contribution in [0.2, 0.25) is 0 Å². The number of benzene rings is 1. The number of carbonyl (C=O) groups is 1. The molecule has 7 nitrogen and oxygen atoms in total. The van der Waals surface area contributed by atoms with Crippen LogP contribution in [0, 0.1) is 0 Å². The van der Waals surface area contributed by atoms with Crippen molar-refractivity contribution < 1.29 is 9.53 Å². The predicted molar refractivity (Wildman–Crippen MR) is 129 cm³/mol. The molecule has 0 aromatic heterocycles. The van der Waals surface area contributed by atoms with Crippen molar-refractivity contribution in [3.8, 4) is 0 Å². The summed E-state index contributed by atoms with van der Waals surface area (Å²) in [6.45, 7) is 12.7. The Morgan fingerprint density at radius 2 is 1.97 bits per heavy atom. The van der Waals surface area contributed by atoms with E-state index in [1.54, 1.807) is 0 Å². The van der Waals surface area contributed by atoms with Gasteiger partial charge in [-0.1, -0.05) is 19.1 Å². The molecule has 1 heterocycles. The molecule has 2 rings (SSSR count). The second kappa shape index (κ2) is 14.6. The summed E-state index contributed by atoms with van der Waals surface area (Å²) < 4.78 is 5.42. The average Bonchev–Trinajstić information content (AvgIpc) is 2.74. The van der Waals surface area contributed by atoms with Crippen molar-refractivity contribution in [3.63, 3.8) is 0 Å². The van der Waals surface area contributed by atoms with Crippen LogP contribution in [0.1, 0.15) is 43.1 Å². The zero-order valence-electron chi connectivity index (χ0n) is 17.9. The van der Waals surface area contributed by atoms with E-state index >= 15 is 0 Å². The highest BCUT2D eigenvalue weighted by molar-refractivity contribution is 14.0. The van der Waals surface area contributed by atoms with Gasteiger partial charge in [-0.3, -0.25) is 9.69 Å². The van der Waals surface area contributed by atoms with Crippen molar-refractivity contribution in [3.05, 3.63) is 35.4 Å². The number of amides is 1. The average molecular weight is 517 g/mol. The third-order valence-electron chi connectivity index (χ3n) is 4.72. The second-order valence-electron chi connectivity index (χ2n) is 7.03. The van der Waals surface area contributed by atoms with Gasteiger partial charge >= 0.3 is 0 Å². The molecule has 1 saturated heterocycles. The van der Waals surface area contributed by atoms with Crippen molar-refractivity contribution in [1.82, 2.24) is 20.9 Å². The lowest BCUT2D eigenvalue weighted by Crippen LogP contribution is -2.49. The van der Waals surface area contributed by atoms with Crippen LogP contribution in [0.25, 0.3) is 0 Å². The van der Waals surface area contributed by atoms with Gasteiger partial charge in [0.25, 0.3) is 5.91 Å². The predicted octanol–water partition coefficient (Wildman–Crippen LogP) is 2.22. The van der Waals surface area contributed by atoms with Crippen LogP contribution in [-0.2, 0) is 11.3 Å². The van der Waals surface area contributed by atoms with Crippen molar-refractivity contribution in [2.24, 2.45) is 4.99 Å². The molecule has 0 aliphatic carbocycles. The maximum Gasteiger partial charge on any atom is 0.251 e. The Bertz CT molecular complexity index is 635. The maximum atomic E-state index is 12.1. The molecule has 164 valence electrons. The first-order valence-electron chi connectivity index (χ1n) is 10.3. The van der Waals surface area contributed by atoms with E-state index < -0.39 is 0 Å². The molecule has 1 aromatic rings. The monoisotopic (exact) mass is 517 g/mol. The van der Waals surface area contributed by atoms with E-state index in [-0.39, 0.29) is 29.9 Å². The van der Waals surface area contributed by atoms with Crippen LogP contribution in [-0.4, -0.2) is 68.7 Å². The van der Waals surface area contributed by atoms with E-state index in [9.17, 15) is 4.79 Å². The molecule has 1 aliphatic rings. The summed E-state index contributed by atoms with van der Waals surface area (Å²) in [5, 5.41) is 9.64. The molecule has 1 unspecified atom stereocenters. The molecule has 1 fully saturated rings. The molecule has 1 amide bonds. The number of aliphatic imine (C=N–C) groups is 1. The van der Waals surface area contributed by atoms with Gasteiger partial charge in [0.15, 0.2) is 5.96 Å². The topological polar surface area (TPSA) is 78.0 Å². The minimum absolute atomic E-state index is 0. The number of carbonyl (C=O) groups excluding carboxylic acids is 1. The van der Waals surface area contributed by atoms with Crippen molar-refractivity contribution in [2.75, 3.05) is 45.9 Å². The lowest BCUT2D eigenvalue weighted by atomic mass is 10.1. The number of guanidine groups is 1. The molecule has 29 heavy (non-hydrogen) atoms. The Hall–Kier alpha value is -1.39. The molecule has 3 N–H and O–H groups in total. The Balaban J connectivity index is 0.00000420. The molecule has 1 atom stereocenters. The van der Waals surface area contributed by atoms with Crippen LogP contribution in [0.4, 0.5) is 0 Å². The van der Waals surface area contributed by atoms with Crippen molar-refractivity contribution in [2.45, 2.75) is 39.8 Å². The van der Waals surface area contributed by atoms with E-state index in [4.69, 9.17) is 4.74 Å². The summed E-state index contributed by atoms with van der Waals surface area (Å²) in [4.78, 5) is 19.3. The first kappa shape index (κ1) is 25.6. The molecule has 0 spiro atoms. The van der Waals surface area contributed by atoms with E-state index in [1.165, 1.54) is 0 Å². The molecule has 1 aliphatic heterocycles. The maximum absolute atomic E-state index is 12.1. The third kappa shape index (κ3) is 9.31. The second-order valence-corrected chi connectivity index (χ2v) is 7.03. The fraction of sp³-hybridized carbons (Fsp3) is 0.619. The van der Waals surface area contributed by atoms with Gasteiger partial charge in [-0.25, -0.2) is 4.99 Å². The van der Waals surface area contributed by atoms with Gasteiger partial charge in [-0.2, -0.15) is 0 Å². The minimum atomic E-state index is -0.0305. The quantitative estimate of drug-likeness (QED) is 0.266. The smallest absolute Gasteiger partial charge is 0.251 e. The minimum Gasteiger partial charge on any atom is -0.379 e. The van der Waals surface area contributed by atoms with Crippen LogP contribution in [0.5, 0.6) is 0 Å². The summed E-state index contributed by atoms with van der Waals surface area (Å²) in [5.74, 6) is 0.764. The van der Waals surface area contributed by atoms with Gasteiger partial charge in [0, 0.05) is 44.3 Å². The number of nitrogens with zero attached hydrogens (tertiary/aromatic N) is 2. The molecule has 0 radical (unpaired) electrons. The highest BCUT2D eigenvalue weighted by atomic mass is 127. The van der Waals surface area contributed by atoms with E-state index in [1.807, 2.05) is 31.2 Å². The van der Waals surface area contributed by atoms with Crippen LogP contribution < -0.4 is 16.0 Å². The summed E-state index contributed by atoms with van der Waals surface area (Å²) in [6.07, 6.45) is 0.927. The number of morpholine rings is 1. The van der Waals surface area contributed by atoms with Gasteiger partial charge in [0.05, 0.1) is 19.8 Å². The number of nitrogens with one attached hydrogen (secondary N) is 3. The Morgan fingerprint density at radius 3 is 2.66 bits per heavy atom. The molecule has 8 heteroatoms. The Labute approximate surface area is 192 Å². The van der Waals surface area contributed by atoms with Gasteiger partial charge in [0.1, 0.15) is 0 Å². The Kier molecular flexibility index (Phi) is 12.9. The number of rotatable bonds is 9. The first-order chi connectivity index (χ1) is 13.6. The van der Waals surface area contributed by atoms with Crippen molar-refractivity contribution in [1.29, 1.82) is 0 Å². The highest BCUT2D eigenvalue weighted by Crippen LogP contribution is 2.07. The van der Waals surface area contributed by atoms with Gasteiger partial charge in [0.2, 0.25) is 0 Å². The van der Waals surface area contributed by atoms with E-state index in [2.05, 4.69) is 39.7 Å². The van der Waals surface area contributed by atoms with Crippen LogP contribution >= 0.6 is 24.0 Å². The van der Waals surface area contributed by atoms with E-state index in [0.717, 1.165) is 57.3 Å². The fourth-order valence-electron chi connectivity index (χ4n) is 3.06. The van der Waals surface area contributed by atoms with Crippen LogP contribution in [0.15, 0.2) is 29.3 Å². The number of ether oxygens (including phenoxy) is 1. The zero-order chi connectivity index (χ0) is 20.2. The third-order valence-corrected chi connectivity index (χ3v) is 4.72. The van der Waals surface area contributed by atoms with Gasteiger partial charge in [-0.15, -0.1) is 24.0 Å². The highest BCUT2D eigenvalue weighted by Gasteiger charge is 2.17. The molecular weight excluding hydrogens is 481 g/mol. The Morgan fingerprint density at radius 1 is 1.21 bits per heavy atom. The SMILES string of the molecule is CCCNC(=O)c1cccc(CN=C(NCC)NCC(C)N2CCOCC2)c1.I. The number of halogens is 1. The molecule has 0 bridgehead atoms.